The number of para-hydroxylation sites is 1. The molecule has 0 amide bonds. The van der Waals surface area contributed by atoms with Gasteiger partial charge in [-0.1, -0.05) is 42.5 Å². The number of nitrogens with zero attached hydrogens (tertiary/aromatic N) is 1. The standard InChI is InChI=1S/C19H20F3NO3S/c20-19(21,22)27(25,26)17-9-5-4-8-16(17)23-12-10-15(11-13-23)18(24)14-6-2-1-3-7-14/h1-9,15,18,24H,10-13H2. The first-order chi connectivity index (χ1) is 12.7. The summed E-state index contributed by atoms with van der Waals surface area (Å²) in [6, 6.07) is 14.4. The number of aliphatic hydroxyl groups is 1. The van der Waals surface area contributed by atoms with Crippen LogP contribution in [0.1, 0.15) is 24.5 Å². The number of piperidine rings is 1. The average Bonchev–Trinajstić information content (AvgIpc) is 2.67. The summed E-state index contributed by atoms with van der Waals surface area (Å²) in [7, 11) is -5.42. The van der Waals surface area contributed by atoms with Crippen LogP contribution in [-0.4, -0.2) is 32.1 Å². The number of alkyl halides is 3. The lowest BCUT2D eigenvalue weighted by molar-refractivity contribution is -0.0435. The Bertz CT molecular complexity index is 877. The lowest BCUT2D eigenvalue weighted by Gasteiger charge is -2.36. The van der Waals surface area contributed by atoms with Gasteiger partial charge in [0.25, 0.3) is 9.84 Å². The van der Waals surface area contributed by atoms with Gasteiger partial charge in [-0.15, -0.1) is 0 Å². The molecule has 1 atom stereocenters. The first-order valence-electron chi connectivity index (χ1n) is 8.60. The third kappa shape index (κ3) is 3.96. The van der Waals surface area contributed by atoms with E-state index in [0.29, 0.717) is 25.9 Å². The Morgan fingerprint density at radius 2 is 1.52 bits per heavy atom. The highest BCUT2D eigenvalue weighted by Crippen LogP contribution is 2.38. The molecule has 0 radical (unpaired) electrons. The highest BCUT2D eigenvalue weighted by molar-refractivity contribution is 7.92. The molecule has 1 saturated heterocycles. The molecule has 0 aromatic heterocycles. The third-order valence-electron chi connectivity index (χ3n) is 4.93. The smallest absolute Gasteiger partial charge is 0.388 e. The van der Waals surface area contributed by atoms with Gasteiger partial charge in [-0.25, -0.2) is 8.42 Å². The molecule has 1 unspecified atom stereocenters. The van der Waals surface area contributed by atoms with Crippen molar-refractivity contribution in [3.8, 4) is 0 Å². The summed E-state index contributed by atoms with van der Waals surface area (Å²) in [6.45, 7) is 0.748. The van der Waals surface area contributed by atoms with Crippen molar-refractivity contribution in [1.82, 2.24) is 0 Å². The lowest BCUT2D eigenvalue weighted by Crippen LogP contribution is -2.37. The number of rotatable bonds is 4. The molecule has 2 aromatic rings. The number of hydrogen-bond donors (Lipinski definition) is 1. The predicted molar refractivity (Wildman–Crippen MR) is 96.0 cm³/mol. The van der Waals surface area contributed by atoms with E-state index in [1.54, 1.807) is 4.90 Å². The second-order valence-electron chi connectivity index (χ2n) is 6.60. The van der Waals surface area contributed by atoms with Crippen LogP contribution in [0.3, 0.4) is 0 Å². The second kappa shape index (κ2) is 7.52. The number of aliphatic hydroxyl groups excluding tert-OH is 1. The lowest BCUT2D eigenvalue weighted by atomic mass is 9.87. The molecule has 0 aliphatic carbocycles. The number of halogens is 3. The van der Waals surface area contributed by atoms with Crippen molar-refractivity contribution < 1.29 is 26.7 Å². The van der Waals surface area contributed by atoms with E-state index < -0.39 is 26.3 Å². The molecule has 8 heteroatoms. The SMILES string of the molecule is O=S(=O)(c1ccccc1N1CCC(C(O)c2ccccc2)CC1)C(F)(F)F. The number of sulfone groups is 1. The van der Waals surface area contributed by atoms with Gasteiger partial charge < -0.3 is 10.0 Å². The van der Waals surface area contributed by atoms with Crippen molar-refractivity contribution in [3.63, 3.8) is 0 Å². The van der Waals surface area contributed by atoms with E-state index in [9.17, 15) is 26.7 Å². The average molecular weight is 399 g/mol. The largest absolute Gasteiger partial charge is 0.501 e. The molecule has 1 aliphatic rings. The van der Waals surface area contributed by atoms with Gasteiger partial charge in [-0.05, 0) is 36.5 Å². The Hall–Kier alpha value is -2.06. The van der Waals surface area contributed by atoms with Gasteiger partial charge >= 0.3 is 5.51 Å². The zero-order valence-electron chi connectivity index (χ0n) is 14.4. The Morgan fingerprint density at radius 3 is 2.11 bits per heavy atom. The van der Waals surface area contributed by atoms with Gasteiger partial charge in [0.15, 0.2) is 0 Å². The number of benzene rings is 2. The maximum atomic E-state index is 13.0. The maximum Gasteiger partial charge on any atom is 0.501 e. The summed E-state index contributed by atoms with van der Waals surface area (Å²) >= 11 is 0. The number of anilines is 1. The summed E-state index contributed by atoms with van der Waals surface area (Å²) in [5.74, 6) is -0.0324. The molecule has 4 nitrogen and oxygen atoms in total. The molecule has 1 fully saturated rings. The fraction of sp³-hybridized carbons (Fsp3) is 0.368. The zero-order valence-corrected chi connectivity index (χ0v) is 15.2. The normalized spacial score (nSPS) is 17.7. The maximum absolute atomic E-state index is 13.0. The third-order valence-corrected chi connectivity index (χ3v) is 6.46. The van der Waals surface area contributed by atoms with Crippen molar-refractivity contribution in [1.29, 1.82) is 0 Å². The van der Waals surface area contributed by atoms with E-state index in [-0.39, 0.29) is 11.6 Å². The van der Waals surface area contributed by atoms with Crippen molar-refractivity contribution in [2.24, 2.45) is 5.92 Å². The summed E-state index contributed by atoms with van der Waals surface area (Å²) in [4.78, 5) is 0.923. The molecule has 1 N–H and O–H groups in total. The van der Waals surface area contributed by atoms with Crippen molar-refractivity contribution in [3.05, 3.63) is 60.2 Å². The molecule has 0 spiro atoms. The van der Waals surface area contributed by atoms with Crippen LogP contribution >= 0.6 is 0 Å². The van der Waals surface area contributed by atoms with Crippen molar-refractivity contribution in [2.75, 3.05) is 18.0 Å². The topological polar surface area (TPSA) is 57.6 Å². The molecule has 27 heavy (non-hydrogen) atoms. The van der Waals surface area contributed by atoms with E-state index in [0.717, 1.165) is 11.6 Å². The highest BCUT2D eigenvalue weighted by atomic mass is 32.2. The van der Waals surface area contributed by atoms with E-state index in [1.165, 1.54) is 18.2 Å². The van der Waals surface area contributed by atoms with E-state index in [4.69, 9.17) is 0 Å². The summed E-state index contributed by atoms with van der Waals surface area (Å²) in [6.07, 6.45) is 0.454. The minimum atomic E-state index is -5.42. The molecule has 0 bridgehead atoms. The van der Waals surface area contributed by atoms with Crippen LogP contribution in [0.25, 0.3) is 0 Å². The van der Waals surface area contributed by atoms with Gasteiger partial charge in [0.1, 0.15) is 0 Å². The molecule has 2 aromatic carbocycles. The molecular formula is C19H20F3NO3S. The number of hydrogen-bond acceptors (Lipinski definition) is 4. The molecule has 1 aliphatic heterocycles. The molecule has 146 valence electrons. The quantitative estimate of drug-likeness (QED) is 0.846. The second-order valence-corrected chi connectivity index (χ2v) is 8.51. The first kappa shape index (κ1) is 19.7. The fourth-order valence-electron chi connectivity index (χ4n) is 3.45. The van der Waals surface area contributed by atoms with Crippen LogP contribution < -0.4 is 4.90 Å². The van der Waals surface area contributed by atoms with E-state index in [2.05, 4.69) is 0 Å². The van der Waals surface area contributed by atoms with E-state index >= 15 is 0 Å². The van der Waals surface area contributed by atoms with Crippen molar-refractivity contribution >= 4 is 15.5 Å². The zero-order chi connectivity index (χ0) is 19.7. The summed E-state index contributed by atoms with van der Waals surface area (Å²) in [5, 5.41) is 10.5. The molecule has 1 heterocycles. The minimum Gasteiger partial charge on any atom is -0.388 e. The highest BCUT2D eigenvalue weighted by Gasteiger charge is 2.48. The van der Waals surface area contributed by atoms with Crippen LogP contribution in [-0.2, 0) is 9.84 Å². The predicted octanol–water partition coefficient (Wildman–Crippen LogP) is 3.93. The minimum absolute atomic E-state index is 0.0324. The summed E-state index contributed by atoms with van der Waals surface area (Å²) in [5.41, 5.74) is -4.48. The monoisotopic (exact) mass is 399 g/mol. The van der Waals surface area contributed by atoms with Crippen LogP contribution in [0.5, 0.6) is 0 Å². The fourth-order valence-corrected chi connectivity index (χ4v) is 4.43. The van der Waals surface area contributed by atoms with Gasteiger partial charge in [0, 0.05) is 13.1 Å². The molecule has 0 saturated carbocycles. The Kier molecular flexibility index (Phi) is 5.48. The van der Waals surface area contributed by atoms with Crippen LogP contribution in [0.15, 0.2) is 59.5 Å². The molecular weight excluding hydrogens is 379 g/mol. The Morgan fingerprint density at radius 1 is 0.963 bits per heavy atom. The Labute approximate surface area is 156 Å². The molecule has 3 rings (SSSR count). The first-order valence-corrected chi connectivity index (χ1v) is 10.1. The van der Waals surface area contributed by atoms with Gasteiger partial charge in [-0.3, -0.25) is 0 Å². The van der Waals surface area contributed by atoms with Crippen LogP contribution in [0, 0.1) is 5.92 Å². The van der Waals surface area contributed by atoms with Gasteiger partial charge in [-0.2, -0.15) is 13.2 Å². The van der Waals surface area contributed by atoms with Gasteiger partial charge in [0.2, 0.25) is 0 Å². The summed E-state index contributed by atoms with van der Waals surface area (Å²) < 4.78 is 62.7. The van der Waals surface area contributed by atoms with Crippen LogP contribution in [0.2, 0.25) is 0 Å². The van der Waals surface area contributed by atoms with Crippen molar-refractivity contribution in [2.45, 2.75) is 29.3 Å². The van der Waals surface area contributed by atoms with Crippen LogP contribution in [0.4, 0.5) is 18.9 Å². The van der Waals surface area contributed by atoms with Gasteiger partial charge in [0.05, 0.1) is 16.7 Å². The van der Waals surface area contributed by atoms with E-state index in [1.807, 2.05) is 30.3 Å². The Balaban J connectivity index is 1.78.